The van der Waals surface area contributed by atoms with E-state index in [1.165, 1.54) is 5.57 Å². The number of halogens is 1. The van der Waals surface area contributed by atoms with E-state index in [-0.39, 0.29) is 12.3 Å². The van der Waals surface area contributed by atoms with Gasteiger partial charge in [0.15, 0.2) is 0 Å². The molecule has 0 saturated carbocycles. The number of carbonyl (C=O) groups excluding carboxylic acids is 1. The van der Waals surface area contributed by atoms with Gasteiger partial charge in [-0.15, -0.1) is 0 Å². The maximum absolute atomic E-state index is 12.1. The van der Waals surface area contributed by atoms with Gasteiger partial charge in [-0.3, -0.25) is 13.7 Å². The monoisotopic (exact) mass is 548 g/mol. The predicted octanol–water partition coefficient (Wildman–Crippen LogP) is 5.30. The lowest BCUT2D eigenvalue weighted by atomic mass is 10.0. The van der Waals surface area contributed by atoms with Crippen molar-refractivity contribution in [2.45, 2.75) is 51.0 Å². The van der Waals surface area contributed by atoms with Gasteiger partial charge in [0, 0.05) is 17.4 Å². The number of nitrogens with zero attached hydrogens (tertiary/aromatic N) is 1. The van der Waals surface area contributed by atoms with Gasteiger partial charge in [0.2, 0.25) is 5.91 Å². The van der Waals surface area contributed by atoms with Gasteiger partial charge in [-0.05, 0) is 73.9 Å². The molecule has 7 nitrogen and oxygen atoms in total. The predicted molar refractivity (Wildman–Crippen MR) is 138 cm³/mol. The van der Waals surface area contributed by atoms with Crippen LogP contribution in [-0.2, 0) is 20.9 Å². The molecule has 3 N–H and O–H groups in total. The average Bonchev–Trinajstić information content (AvgIpc) is 3.31. The Morgan fingerprint density at radius 2 is 1.71 bits per heavy atom. The van der Waals surface area contributed by atoms with Crippen molar-refractivity contribution in [3.8, 4) is 11.1 Å². The lowest BCUT2D eigenvalue weighted by molar-refractivity contribution is -0.138. The fraction of sp³-hybridized carbons (Fsp3) is 0.360. The Hall–Kier alpha value is -2.49. The number of carboxylic acid groups (broad SMARTS) is 1. The molecule has 0 spiro atoms. The van der Waals surface area contributed by atoms with Crippen LogP contribution in [0.4, 0.5) is 5.69 Å². The van der Waals surface area contributed by atoms with E-state index in [1.807, 2.05) is 24.3 Å². The third-order valence-electron chi connectivity index (χ3n) is 5.78. The number of hydrogen-bond acceptors (Lipinski definition) is 3. The highest BCUT2D eigenvalue weighted by molar-refractivity contribution is 9.10. The lowest BCUT2D eigenvalue weighted by Crippen LogP contribution is -2.42. The zero-order valence-electron chi connectivity index (χ0n) is 18.8. The summed E-state index contributed by atoms with van der Waals surface area (Å²) in [5, 5.41) is 12.6. The van der Waals surface area contributed by atoms with Crippen LogP contribution in [0.1, 0.15) is 44.9 Å². The molecule has 2 aromatic rings. The minimum Gasteiger partial charge on any atom is -0.480 e. The summed E-state index contributed by atoms with van der Waals surface area (Å²) in [6, 6.07) is 13.5. The molecule has 0 aliphatic heterocycles. The number of anilines is 1. The molecule has 2 atom stereocenters. The van der Waals surface area contributed by atoms with Crippen LogP contribution < -0.4 is 9.62 Å². The molecule has 0 fully saturated rings. The van der Waals surface area contributed by atoms with Crippen molar-refractivity contribution in [2.24, 2.45) is 0 Å². The summed E-state index contributed by atoms with van der Waals surface area (Å²) in [5.41, 5.74) is 3.42. The number of nitrogens with one attached hydrogen (secondary N) is 1. The number of allylic oxidation sites excluding steroid dienone is 1. The first kappa shape index (κ1) is 26.1. The molecule has 0 bridgehead atoms. The zero-order valence-corrected chi connectivity index (χ0v) is 21.2. The van der Waals surface area contributed by atoms with Gasteiger partial charge >= 0.3 is 5.97 Å². The zero-order chi connectivity index (χ0) is 24.5. The van der Waals surface area contributed by atoms with Gasteiger partial charge in [0.05, 0.1) is 5.69 Å². The highest BCUT2D eigenvalue weighted by Crippen LogP contribution is 2.27. The van der Waals surface area contributed by atoms with Crippen molar-refractivity contribution in [3.63, 3.8) is 0 Å². The van der Waals surface area contributed by atoms with Crippen molar-refractivity contribution in [2.75, 3.05) is 10.8 Å². The third-order valence-corrected chi connectivity index (χ3v) is 7.12. The third kappa shape index (κ3) is 7.51. The Bertz CT molecular complexity index is 1040. The van der Waals surface area contributed by atoms with Crippen molar-refractivity contribution in [1.82, 2.24) is 5.32 Å². The summed E-state index contributed by atoms with van der Waals surface area (Å²) in [4.78, 5) is 23.9. The van der Waals surface area contributed by atoms with Crippen LogP contribution >= 0.6 is 15.9 Å². The first-order valence-corrected chi connectivity index (χ1v) is 13.1. The highest BCUT2D eigenvalue weighted by atomic mass is 79.9. The molecule has 1 aliphatic rings. The number of aliphatic carboxylic acids is 1. The summed E-state index contributed by atoms with van der Waals surface area (Å²) >= 11 is 0.896. The normalized spacial score (nSPS) is 14.8. The SMILES string of the molecule is O=C(CC1=CCCC1)NCCCCC(C(=O)O)N(c1ccc(-c2ccc(Br)cc2)cc1)S(=O)O. The van der Waals surface area contributed by atoms with Crippen molar-refractivity contribution < 1.29 is 23.5 Å². The molecular weight excluding hydrogens is 520 g/mol. The standard InChI is InChI=1S/C25H29BrN2O5S/c26-21-12-8-19(9-13-21)20-10-14-22(15-11-20)28(34(32)33)23(25(30)31)7-3-4-16-27-24(29)17-18-5-1-2-6-18/h5,8-15,23H,1-4,6-7,16-17H2,(H,27,29)(H,30,31)(H,32,33). The lowest BCUT2D eigenvalue weighted by Gasteiger charge is -2.27. The second kappa shape index (κ2) is 12.8. The molecule has 9 heteroatoms. The number of unbranched alkanes of at least 4 members (excludes halogenated alkanes) is 1. The highest BCUT2D eigenvalue weighted by Gasteiger charge is 2.29. The molecule has 34 heavy (non-hydrogen) atoms. The number of carbonyl (C=O) groups is 2. The molecule has 0 saturated heterocycles. The van der Waals surface area contributed by atoms with Crippen LogP contribution in [0.3, 0.4) is 0 Å². The molecule has 2 aromatic carbocycles. The molecule has 182 valence electrons. The first-order chi connectivity index (χ1) is 16.3. The van der Waals surface area contributed by atoms with E-state index >= 15 is 0 Å². The molecule has 1 aliphatic carbocycles. The van der Waals surface area contributed by atoms with Crippen LogP contribution in [-0.4, -0.2) is 38.3 Å². The second-order valence-electron chi connectivity index (χ2n) is 8.24. The van der Waals surface area contributed by atoms with Crippen molar-refractivity contribution in [3.05, 3.63) is 64.7 Å². The van der Waals surface area contributed by atoms with Crippen LogP contribution in [0.25, 0.3) is 11.1 Å². The number of benzene rings is 2. The summed E-state index contributed by atoms with van der Waals surface area (Å²) in [5.74, 6) is -1.19. The summed E-state index contributed by atoms with van der Waals surface area (Å²) in [7, 11) is 0. The maximum Gasteiger partial charge on any atom is 0.327 e. The van der Waals surface area contributed by atoms with E-state index in [2.05, 4.69) is 27.3 Å². The van der Waals surface area contributed by atoms with Crippen LogP contribution in [0.5, 0.6) is 0 Å². The van der Waals surface area contributed by atoms with Crippen LogP contribution in [0.2, 0.25) is 0 Å². The minimum atomic E-state index is -2.51. The van der Waals surface area contributed by atoms with Gasteiger partial charge in [-0.25, -0.2) is 9.00 Å². The quantitative estimate of drug-likeness (QED) is 0.189. The molecular formula is C25H29BrN2O5S. The molecule has 3 rings (SSSR count). The largest absolute Gasteiger partial charge is 0.480 e. The van der Waals surface area contributed by atoms with E-state index in [1.54, 1.807) is 24.3 Å². The molecule has 0 radical (unpaired) electrons. The van der Waals surface area contributed by atoms with Crippen LogP contribution in [0, 0.1) is 0 Å². The molecule has 1 amide bonds. The molecule has 0 heterocycles. The maximum atomic E-state index is 12.1. The first-order valence-electron chi connectivity index (χ1n) is 11.3. The van der Waals surface area contributed by atoms with E-state index in [9.17, 15) is 23.5 Å². The van der Waals surface area contributed by atoms with Crippen LogP contribution in [0.15, 0.2) is 64.7 Å². The number of hydrogen-bond donors (Lipinski definition) is 3. The Morgan fingerprint density at radius 1 is 1.06 bits per heavy atom. The number of carboxylic acids is 1. The second-order valence-corrected chi connectivity index (χ2v) is 10.0. The summed E-state index contributed by atoms with van der Waals surface area (Å²) < 4.78 is 23.9. The molecule has 2 unspecified atom stereocenters. The number of rotatable bonds is 12. The van der Waals surface area contributed by atoms with E-state index in [0.717, 1.165) is 39.2 Å². The van der Waals surface area contributed by atoms with Crippen molar-refractivity contribution in [1.29, 1.82) is 0 Å². The Balaban J connectivity index is 1.57. The summed E-state index contributed by atoms with van der Waals surface area (Å²) in [6.07, 6.45) is 6.91. The smallest absolute Gasteiger partial charge is 0.327 e. The Kier molecular flexibility index (Phi) is 9.86. The van der Waals surface area contributed by atoms with Gasteiger partial charge < -0.3 is 10.4 Å². The summed E-state index contributed by atoms with van der Waals surface area (Å²) in [6.45, 7) is 0.447. The van der Waals surface area contributed by atoms with Gasteiger partial charge in [-0.1, -0.05) is 51.8 Å². The van der Waals surface area contributed by atoms with E-state index < -0.39 is 23.3 Å². The van der Waals surface area contributed by atoms with Crippen molar-refractivity contribution >= 4 is 44.8 Å². The van der Waals surface area contributed by atoms with Gasteiger partial charge in [0.1, 0.15) is 6.04 Å². The Morgan fingerprint density at radius 3 is 2.26 bits per heavy atom. The van der Waals surface area contributed by atoms with E-state index in [0.29, 0.717) is 31.5 Å². The minimum absolute atomic E-state index is 0.0214. The fourth-order valence-electron chi connectivity index (χ4n) is 4.02. The van der Waals surface area contributed by atoms with Gasteiger partial charge in [-0.2, -0.15) is 0 Å². The molecule has 0 aromatic heterocycles. The number of amides is 1. The average molecular weight is 549 g/mol. The topological polar surface area (TPSA) is 107 Å². The van der Waals surface area contributed by atoms with E-state index in [4.69, 9.17) is 0 Å². The van der Waals surface area contributed by atoms with Gasteiger partial charge in [0.25, 0.3) is 11.3 Å². The fourth-order valence-corrected chi connectivity index (χ4v) is 5.00. The Labute approximate surface area is 210 Å².